The van der Waals surface area contributed by atoms with Gasteiger partial charge in [0.2, 0.25) is 5.91 Å². The summed E-state index contributed by atoms with van der Waals surface area (Å²) >= 11 is 5.92. The zero-order valence-electron chi connectivity index (χ0n) is 13.8. The molecule has 1 fully saturated rings. The van der Waals surface area contributed by atoms with Crippen molar-refractivity contribution >= 4 is 29.2 Å². The third kappa shape index (κ3) is 3.94. The summed E-state index contributed by atoms with van der Waals surface area (Å²) in [6.07, 6.45) is 0.249. The topological polar surface area (TPSA) is 58.6 Å². The molecule has 1 heterocycles. The maximum absolute atomic E-state index is 12.7. The first-order valence-electron chi connectivity index (χ1n) is 8.17. The van der Waals surface area contributed by atoms with E-state index in [4.69, 9.17) is 16.4 Å². The van der Waals surface area contributed by atoms with Gasteiger partial charge in [-0.15, -0.1) is 0 Å². The van der Waals surface area contributed by atoms with Gasteiger partial charge in [-0.2, -0.15) is 0 Å². The summed E-state index contributed by atoms with van der Waals surface area (Å²) in [7, 11) is 0. The van der Waals surface area contributed by atoms with Crippen molar-refractivity contribution in [3.63, 3.8) is 0 Å². The van der Waals surface area contributed by atoms with E-state index in [0.29, 0.717) is 11.6 Å². The fourth-order valence-electron chi connectivity index (χ4n) is 2.95. The Morgan fingerprint density at radius 2 is 1.88 bits per heavy atom. The van der Waals surface area contributed by atoms with Gasteiger partial charge in [0.15, 0.2) is 0 Å². The van der Waals surface area contributed by atoms with Gasteiger partial charge in [-0.25, -0.2) is 9.86 Å². The van der Waals surface area contributed by atoms with Crippen molar-refractivity contribution in [2.24, 2.45) is 0 Å². The van der Waals surface area contributed by atoms with Crippen LogP contribution in [0.25, 0.3) is 0 Å². The van der Waals surface area contributed by atoms with Crippen LogP contribution >= 0.6 is 11.6 Å². The molecular weight excluding hydrogens is 340 g/mol. The number of hydroxylamine groups is 1. The van der Waals surface area contributed by atoms with E-state index >= 15 is 0 Å². The second-order valence-electron chi connectivity index (χ2n) is 5.85. The van der Waals surface area contributed by atoms with Crippen LogP contribution in [-0.4, -0.2) is 24.5 Å². The molecule has 1 N–H and O–H groups in total. The van der Waals surface area contributed by atoms with Crippen LogP contribution in [0.5, 0.6) is 0 Å². The number of nitrogens with zero attached hydrogens (tertiary/aromatic N) is 1. The molecule has 0 bridgehead atoms. The zero-order valence-corrected chi connectivity index (χ0v) is 14.6. The number of benzene rings is 2. The van der Waals surface area contributed by atoms with E-state index in [0.717, 1.165) is 11.3 Å². The molecule has 25 heavy (non-hydrogen) atoms. The highest BCUT2D eigenvalue weighted by Gasteiger charge is 2.40. The molecule has 5 nitrogen and oxygen atoms in total. The number of anilines is 1. The SMILES string of the molecule is CCN(OC(=O)[C@H]1NC(=O)C[C@H]1c1ccc(Cl)cc1)c1ccccc1. The van der Waals surface area contributed by atoms with Gasteiger partial charge in [-0.1, -0.05) is 41.9 Å². The van der Waals surface area contributed by atoms with Crippen LogP contribution in [-0.2, 0) is 14.4 Å². The van der Waals surface area contributed by atoms with Crippen molar-refractivity contribution in [1.29, 1.82) is 0 Å². The molecule has 1 aliphatic heterocycles. The Morgan fingerprint density at radius 1 is 1.20 bits per heavy atom. The molecule has 6 heteroatoms. The maximum Gasteiger partial charge on any atom is 0.355 e. The molecule has 2 aromatic rings. The molecule has 0 spiro atoms. The lowest BCUT2D eigenvalue weighted by atomic mass is 9.92. The molecule has 1 aliphatic rings. The van der Waals surface area contributed by atoms with E-state index in [1.807, 2.05) is 49.4 Å². The molecule has 0 unspecified atom stereocenters. The molecule has 0 radical (unpaired) electrons. The minimum absolute atomic E-state index is 0.162. The summed E-state index contributed by atoms with van der Waals surface area (Å²) < 4.78 is 0. The fourth-order valence-corrected chi connectivity index (χ4v) is 3.08. The lowest BCUT2D eigenvalue weighted by molar-refractivity contribution is -0.148. The van der Waals surface area contributed by atoms with Crippen molar-refractivity contribution in [2.75, 3.05) is 11.6 Å². The van der Waals surface area contributed by atoms with Crippen LogP contribution in [0.3, 0.4) is 0 Å². The van der Waals surface area contributed by atoms with Gasteiger partial charge in [0, 0.05) is 17.4 Å². The van der Waals surface area contributed by atoms with E-state index in [2.05, 4.69) is 5.32 Å². The predicted octanol–water partition coefficient (Wildman–Crippen LogP) is 3.30. The van der Waals surface area contributed by atoms with Crippen LogP contribution < -0.4 is 10.4 Å². The van der Waals surface area contributed by atoms with Gasteiger partial charge in [0.05, 0.1) is 12.2 Å². The Balaban J connectivity index is 1.77. The lowest BCUT2D eigenvalue weighted by Gasteiger charge is -2.25. The van der Waals surface area contributed by atoms with Crippen LogP contribution in [0.4, 0.5) is 5.69 Å². The number of rotatable bonds is 5. The molecule has 1 amide bonds. The molecular formula is C19H19ClN2O3. The number of carbonyl (C=O) groups is 2. The first-order chi connectivity index (χ1) is 12.1. The average Bonchev–Trinajstić information content (AvgIpc) is 3.03. The van der Waals surface area contributed by atoms with E-state index in [9.17, 15) is 9.59 Å². The largest absolute Gasteiger partial charge is 0.355 e. The first-order valence-corrected chi connectivity index (χ1v) is 8.55. The fraction of sp³-hybridized carbons (Fsp3) is 0.263. The maximum atomic E-state index is 12.7. The van der Waals surface area contributed by atoms with Gasteiger partial charge >= 0.3 is 5.97 Å². The van der Waals surface area contributed by atoms with Crippen LogP contribution in [0.2, 0.25) is 5.02 Å². The van der Waals surface area contributed by atoms with E-state index in [1.165, 1.54) is 5.06 Å². The van der Waals surface area contributed by atoms with Crippen molar-refractivity contribution in [2.45, 2.75) is 25.3 Å². The Hall–Kier alpha value is -2.53. The minimum atomic E-state index is -0.716. The van der Waals surface area contributed by atoms with Gasteiger partial charge in [0.25, 0.3) is 0 Å². The molecule has 2 atom stereocenters. The number of hydrogen-bond acceptors (Lipinski definition) is 4. The van der Waals surface area contributed by atoms with Gasteiger partial charge < -0.3 is 10.2 Å². The highest BCUT2D eigenvalue weighted by molar-refractivity contribution is 6.30. The van der Waals surface area contributed by atoms with Crippen LogP contribution in [0.15, 0.2) is 54.6 Å². The summed E-state index contributed by atoms with van der Waals surface area (Å²) in [5, 5.41) is 4.86. The molecule has 0 aromatic heterocycles. The Kier molecular flexibility index (Phi) is 5.24. The second-order valence-corrected chi connectivity index (χ2v) is 6.28. The van der Waals surface area contributed by atoms with E-state index in [-0.39, 0.29) is 18.2 Å². The monoisotopic (exact) mass is 358 g/mol. The number of amides is 1. The molecule has 2 aromatic carbocycles. The Labute approximate surface area is 151 Å². The van der Waals surface area contributed by atoms with Gasteiger partial charge in [-0.3, -0.25) is 4.79 Å². The van der Waals surface area contributed by atoms with Crippen molar-refractivity contribution in [1.82, 2.24) is 5.32 Å². The first kappa shape index (κ1) is 17.3. The van der Waals surface area contributed by atoms with Crippen molar-refractivity contribution < 1.29 is 14.4 Å². The summed E-state index contributed by atoms with van der Waals surface area (Å²) in [5.74, 6) is -0.909. The quantitative estimate of drug-likeness (QED) is 0.833. The standard InChI is InChI=1S/C19H19ClN2O3/c1-2-22(15-6-4-3-5-7-15)25-19(24)18-16(12-17(23)21-18)13-8-10-14(20)11-9-13/h3-11,16,18H,2,12H2,1H3,(H,21,23)/t16-,18-/m0/s1. The molecule has 0 aliphatic carbocycles. The number of para-hydroxylation sites is 1. The predicted molar refractivity (Wildman–Crippen MR) is 96.3 cm³/mol. The van der Waals surface area contributed by atoms with Crippen LogP contribution in [0, 0.1) is 0 Å². The van der Waals surface area contributed by atoms with E-state index in [1.54, 1.807) is 12.1 Å². The number of halogens is 1. The second kappa shape index (κ2) is 7.57. The summed E-state index contributed by atoms with van der Waals surface area (Å²) in [5.41, 5.74) is 1.66. The molecule has 1 saturated heterocycles. The third-order valence-electron chi connectivity index (χ3n) is 4.21. The Morgan fingerprint density at radius 3 is 2.52 bits per heavy atom. The Bertz CT molecular complexity index is 749. The highest BCUT2D eigenvalue weighted by atomic mass is 35.5. The highest BCUT2D eigenvalue weighted by Crippen LogP contribution is 2.30. The molecule has 0 saturated carbocycles. The minimum Gasteiger partial charge on any atom is -0.342 e. The summed E-state index contributed by atoms with van der Waals surface area (Å²) in [4.78, 5) is 30.1. The molecule has 3 rings (SSSR count). The number of nitrogens with one attached hydrogen (secondary N) is 1. The van der Waals surface area contributed by atoms with Crippen molar-refractivity contribution in [3.8, 4) is 0 Å². The summed E-state index contributed by atoms with van der Waals surface area (Å²) in [6, 6.07) is 15.8. The van der Waals surface area contributed by atoms with Crippen LogP contribution in [0.1, 0.15) is 24.8 Å². The zero-order chi connectivity index (χ0) is 17.8. The lowest BCUT2D eigenvalue weighted by Crippen LogP contribution is -2.41. The summed E-state index contributed by atoms with van der Waals surface area (Å²) in [6.45, 7) is 2.40. The smallest absolute Gasteiger partial charge is 0.342 e. The van der Waals surface area contributed by atoms with Gasteiger partial charge in [0.1, 0.15) is 6.04 Å². The van der Waals surface area contributed by atoms with Crippen molar-refractivity contribution in [3.05, 3.63) is 65.2 Å². The number of hydrogen-bond donors (Lipinski definition) is 1. The normalized spacial score (nSPS) is 19.4. The molecule has 130 valence electrons. The number of carbonyl (C=O) groups excluding carboxylic acids is 2. The average molecular weight is 359 g/mol. The van der Waals surface area contributed by atoms with Gasteiger partial charge in [-0.05, 0) is 36.8 Å². The van der Waals surface area contributed by atoms with E-state index < -0.39 is 12.0 Å². The third-order valence-corrected chi connectivity index (χ3v) is 4.46.